The molecule has 2 fully saturated rings. The fourth-order valence-corrected chi connectivity index (χ4v) is 6.72. The van der Waals surface area contributed by atoms with Gasteiger partial charge in [-0.2, -0.15) is 5.10 Å². The number of aryl methyl sites for hydroxylation is 1. The number of hydrogen-bond donors (Lipinski definition) is 3. The van der Waals surface area contributed by atoms with Gasteiger partial charge in [0, 0.05) is 51.4 Å². The Morgan fingerprint density at radius 3 is 2.41 bits per heavy atom. The predicted molar refractivity (Wildman–Crippen MR) is 185 cm³/mol. The van der Waals surface area contributed by atoms with Gasteiger partial charge in [-0.15, -0.1) is 0 Å². The fraction of sp³-hybridized carbons (Fsp3) is 0.583. The van der Waals surface area contributed by atoms with E-state index in [2.05, 4.69) is 39.8 Å². The van der Waals surface area contributed by atoms with Gasteiger partial charge in [0.15, 0.2) is 0 Å². The molecule has 49 heavy (non-hydrogen) atoms. The molecule has 2 aromatic rings. The number of allylic oxidation sites excluding steroid dienone is 2. The predicted octanol–water partition coefficient (Wildman–Crippen LogP) is 3.70. The SMILES string of the molecule is CCn1nccc1C(=O)NC(C(=O)Nc1ccc([C@H](C)[C@@H](NC(=O)COC)C(=O)N2CCN(C)[C@H](C)C2)cc1F)C1CCC(=C(C)C)CC1. The van der Waals surface area contributed by atoms with E-state index in [9.17, 15) is 19.2 Å². The molecule has 13 heteroatoms. The number of ether oxygens (including phenoxy) is 1. The highest BCUT2D eigenvalue weighted by molar-refractivity contribution is 6.00. The molecular formula is C36H52FN7O5. The van der Waals surface area contributed by atoms with Crippen LogP contribution in [0, 0.1) is 11.7 Å². The summed E-state index contributed by atoms with van der Waals surface area (Å²) < 4.78 is 22.3. The first-order valence-electron chi connectivity index (χ1n) is 17.2. The van der Waals surface area contributed by atoms with Crippen molar-refractivity contribution >= 4 is 29.3 Å². The molecule has 0 radical (unpaired) electrons. The number of anilines is 1. The number of piperazine rings is 1. The van der Waals surface area contributed by atoms with Gasteiger partial charge in [-0.05, 0) is 90.1 Å². The first-order valence-corrected chi connectivity index (χ1v) is 17.2. The quantitative estimate of drug-likeness (QED) is 0.291. The minimum absolute atomic E-state index is 0.0428. The minimum Gasteiger partial charge on any atom is -0.375 e. The third-order valence-corrected chi connectivity index (χ3v) is 10.0. The topological polar surface area (TPSA) is 138 Å². The van der Waals surface area contributed by atoms with E-state index in [0.29, 0.717) is 50.3 Å². The van der Waals surface area contributed by atoms with Crippen LogP contribution in [0.15, 0.2) is 41.6 Å². The van der Waals surface area contributed by atoms with Crippen molar-refractivity contribution < 1.29 is 28.3 Å². The molecule has 1 unspecified atom stereocenters. The highest BCUT2D eigenvalue weighted by Crippen LogP contribution is 2.33. The van der Waals surface area contributed by atoms with Crippen molar-refractivity contribution in [2.24, 2.45) is 5.92 Å². The second-order valence-electron chi connectivity index (χ2n) is 13.5. The second-order valence-corrected chi connectivity index (χ2v) is 13.5. The Morgan fingerprint density at radius 2 is 1.80 bits per heavy atom. The molecule has 1 aliphatic carbocycles. The molecule has 1 aromatic heterocycles. The van der Waals surface area contributed by atoms with Crippen LogP contribution >= 0.6 is 0 Å². The molecule has 0 bridgehead atoms. The fourth-order valence-electron chi connectivity index (χ4n) is 6.72. The smallest absolute Gasteiger partial charge is 0.270 e. The van der Waals surface area contributed by atoms with E-state index < -0.39 is 41.5 Å². The zero-order chi connectivity index (χ0) is 35.8. The molecule has 12 nitrogen and oxygen atoms in total. The number of methoxy groups -OCH3 is 1. The first-order chi connectivity index (χ1) is 23.3. The Hall–Kier alpha value is -4.10. The Labute approximate surface area is 288 Å². The molecule has 4 amide bonds. The van der Waals surface area contributed by atoms with Crippen LogP contribution in [0.5, 0.6) is 0 Å². The number of halogens is 1. The third kappa shape index (κ3) is 9.33. The van der Waals surface area contributed by atoms with Crippen molar-refractivity contribution in [3.8, 4) is 0 Å². The molecule has 1 aromatic carbocycles. The highest BCUT2D eigenvalue weighted by Gasteiger charge is 2.36. The molecule has 3 N–H and O–H groups in total. The summed E-state index contributed by atoms with van der Waals surface area (Å²) in [6.45, 7) is 11.8. The number of benzene rings is 1. The maximum Gasteiger partial charge on any atom is 0.270 e. The van der Waals surface area contributed by atoms with E-state index in [1.807, 2.05) is 20.9 Å². The Balaban J connectivity index is 1.54. The minimum atomic E-state index is -0.953. The number of rotatable bonds is 12. The largest absolute Gasteiger partial charge is 0.375 e. The van der Waals surface area contributed by atoms with Gasteiger partial charge in [0.05, 0.1) is 5.69 Å². The summed E-state index contributed by atoms with van der Waals surface area (Å²) in [5.74, 6) is -3.06. The van der Waals surface area contributed by atoms with Crippen molar-refractivity contribution in [2.75, 3.05) is 45.7 Å². The van der Waals surface area contributed by atoms with Crippen molar-refractivity contribution in [3.63, 3.8) is 0 Å². The van der Waals surface area contributed by atoms with E-state index in [4.69, 9.17) is 4.74 Å². The summed E-state index contributed by atoms with van der Waals surface area (Å²) in [7, 11) is 3.40. The van der Waals surface area contributed by atoms with E-state index in [1.54, 1.807) is 34.8 Å². The summed E-state index contributed by atoms with van der Waals surface area (Å²) in [6.07, 6.45) is 4.62. The molecular weight excluding hydrogens is 629 g/mol. The number of amides is 4. The summed E-state index contributed by atoms with van der Waals surface area (Å²) >= 11 is 0. The van der Waals surface area contributed by atoms with Crippen LogP contribution < -0.4 is 16.0 Å². The third-order valence-electron chi connectivity index (χ3n) is 10.0. The van der Waals surface area contributed by atoms with Gasteiger partial charge in [0.1, 0.15) is 30.2 Å². The molecule has 2 heterocycles. The van der Waals surface area contributed by atoms with E-state index in [-0.39, 0.29) is 30.2 Å². The molecule has 1 saturated heterocycles. The van der Waals surface area contributed by atoms with Crippen LogP contribution in [0.3, 0.4) is 0 Å². The second kappa shape index (κ2) is 17.0. The number of likely N-dealkylation sites (N-methyl/N-ethyl adjacent to an activating group) is 1. The average Bonchev–Trinajstić information content (AvgIpc) is 3.57. The van der Waals surface area contributed by atoms with Crippen molar-refractivity contribution in [2.45, 2.75) is 90.9 Å². The lowest BCUT2D eigenvalue weighted by Crippen LogP contribution is -2.58. The standard InChI is InChI=1S/C36H52FN7O5/c1-8-44-30(15-16-38-44)34(46)41-33(26-11-9-25(10-12-26)22(2)3)35(47)39-29-14-13-27(19-28(29)37)24(5)32(40-31(45)21-49-7)36(48)43-18-17-42(6)23(4)20-43/h13-16,19,23-24,26,32-33H,8-12,17-18,20-21H2,1-7H3,(H,39,47)(H,40,45)(H,41,46)/t23-,24+,32-,33?/m1/s1. The number of carbonyl (C=O) groups is 4. The summed E-state index contributed by atoms with van der Waals surface area (Å²) in [4.78, 5) is 57.4. The highest BCUT2D eigenvalue weighted by atomic mass is 19.1. The van der Waals surface area contributed by atoms with Crippen molar-refractivity contribution in [1.82, 2.24) is 30.2 Å². The lowest BCUT2D eigenvalue weighted by Gasteiger charge is -2.40. The van der Waals surface area contributed by atoms with Gasteiger partial charge < -0.3 is 30.5 Å². The lowest BCUT2D eigenvalue weighted by atomic mass is 9.79. The number of carbonyl (C=O) groups excluding carboxylic acids is 4. The summed E-state index contributed by atoms with van der Waals surface area (Å²) in [6, 6.07) is 4.30. The van der Waals surface area contributed by atoms with E-state index >= 15 is 4.39 Å². The van der Waals surface area contributed by atoms with Gasteiger partial charge >= 0.3 is 0 Å². The Morgan fingerprint density at radius 1 is 1.08 bits per heavy atom. The van der Waals surface area contributed by atoms with Gasteiger partial charge in [-0.25, -0.2) is 4.39 Å². The summed E-state index contributed by atoms with van der Waals surface area (Å²) in [5.41, 5.74) is 3.41. The van der Waals surface area contributed by atoms with Crippen LogP contribution in [0.2, 0.25) is 0 Å². The molecule has 1 aliphatic heterocycles. The number of nitrogens with zero attached hydrogens (tertiary/aromatic N) is 4. The molecule has 1 saturated carbocycles. The van der Waals surface area contributed by atoms with Crippen molar-refractivity contribution in [3.05, 3.63) is 58.7 Å². The monoisotopic (exact) mass is 681 g/mol. The number of hydrogen-bond acceptors (Lipinski definition) is 7. The van der Waals surface area contributed by atoms with Crippen LogP contribution in [-0.2, 0) is 25.7 Å². The molecule has 268 valence electrons. The van der Waals surface area contributed by atoms with Crippen LogP contribution in [-0.4, -0.2) is 102 Å². The first kappa shape index (κ1) is 37.7. The van der Waals surface area contributed by atoms with Crippen LogP contribution in [0.25, 0.3) is 0 Å². The van der Waals surface area contributed by atoms with E-state index in [0.717, 1.165) is 12.8 Å². The molecule has 4 rings (SSSR count). The van der Waals surface area contributed by atoms with Gasteiger partial charge in [0.2, 0.25) is 17.7 Å². The normalized spacial score (nSPS) is 20.2. The van der Waals surface area contributed by atoms with Gasteiger partial charge in [-0.1, -0.05) is 24.1 Å². The lowest BCUT2D eigenvalue weighted by molar-refractivity contribution is -0.140. The maximum atomic E-state index is 15.8. The zero-order valence-electron chi connectivity index (χ0n) is 29.8. The Kier molecular flexibility index (Phi) is 13.1. The van der Waals surface area contributed by atoms with Crippen LogP contribution in [0.1, 0.15) is 82.3 Å². The summed E-state index contributed by atoms with van der Waals surface area (Å²) in [5, 5.41) is 12.6. The maximum absolute atomic E-state index is 15.8. The average molecular weight is 682 g/mol. The molecule has 0 spiro atoms. The number of aromatic nitrogens is 2. The van der Waals surface area contributed by atoms with Crippen LogP contribution in [0.4, 0.5) is 10.1 Å². The number of nitrogens with one attached hydrogen (secondary N) is 3. The zero-order valence-corrected chi connectivity index (χ0v) is 29.8. The van der Waals surface area contributed by atoms with Gasteiger partial charge in [-0.3, -0.25) is 23.9 Å². The van der Waals surface area contributed by atoms with Crippen molar-refractivity contribution in [1.29, 1.82) is 0 Å². The molecule has 2 aliphatic rings. The molecule has 4 atom stereocenters. The van der Waals surface area contributed by atoms with Gasteiger partial charge in [0.25, 0.3) is 5.91 Å². The van der Waals surface area contributed by atoms with E-state index in [1.165, 1.54) is 30.4 Å². The Bertz CT molecular complexity index is 1530.